The summed E-state index contributed by atoms with van der Waals surface area (Å²) >= 11 is 0. The molecule has 62 valence electrons. The van der Waals surface area contributed by atoms with Gasteiger partial charge in [0.2, 0.25) is 0 Å². The molecular weight excluding hydrogens is 141 g/mol. The van der Waals surface area contributed by atoms with Crippen LogP contribution in [-0.4, -0.2) is 25.9 Å². The van der Waals surface area contributed by atoms with Crippen LogP contribution in [-0.2, 0) is 0 Å². The second-order valence-electron chi connectivity index (χ2n) is 2.79. The minimum atomic E-state index is 0.709. The van der Waals surface area contributed by atoms with Gasteiger partial charge in [0.25, 0.3) is 0 Å². The van der Waals surface area contributed by atoms with Crippen molar-refractivity contribution < 1.29 is 0 Å². The van der Waals surface area contributed by atoms with Gasteiger partial charge >= 0.3 is 0 Å². The van der Waals surface area contributed by atoms with Gasteiger partial charge in [-0.2, -0.15) is 0 Å². The zero-order valence-corrected chi connectivity index (χ0v) is 8.41. The topological polar surface area (TPSA) is 12.0 Å². The molecule has 2 atom stereocenters. The summed E-state index contributed by atoms with van der Waals surface area (Å²) in [5.74, 6) is 0. The second-order valence-corrected chi connectivity index (χ2v) is 4.00. The molecule has 0 fully saturated rings. The van der Waals surface area contributed by atoms with Crippen LogP contribution in [0.2, 0.25) is 0 Å². The van der Waals surface area contributed by atoms with E-state index in [2.05, 4.69) is 18.9 Å². The summed E-state index contributed by atoms with van der Waals surface area (Å²) in [6.07, 6.45) is 5.57. The quantitative estimate of drug-likeness (QED) is 0.464. The number of nitrogens with one attached hydrogen (secondary N) is 1. The van der Waals surface area contributed by atoms with Crippen molar-refractivity contribution in [1.29, 1.82) is 0 Å². The zero-order chi connectivity index (χ0) is 7.82. The Morgan fingerprint density at radius 2 is 2.10 bits per heavy atom. The summed E-state index contributed by atoms with van der Waals surface area (Å²) in [5.41, 5.74) is 0. The summed E-state index contributed by atoms with van der Waals surface area (Å²) in [6.45, 7) is 4.52. The Hall–Kier alpha value is 0.390. The summed E-state index contributed by atoms with van der Waals surface area (Å²) in [4.78, 5) is 0. The van der Waals surface area contributed by atoms with Gasteiger partial charge in [0.1, 0.15) is 0 Å². The van der Waals surface area contributed by atoms with Gasteiger partial charge in [0.05, 0.1) is 0 Å². The molecule has 0 aromatic heterocycles. The van der Waals surface area contributed by atoms with E-state index in [1.165, 1.54) is 25.4 Å². The fourth-order valence-electron chi connectivity index (χ4n) is 0.897. The van der Waals surface area contributed by atoms with Crippen LogP contribution in [0, 0.1) is 0 Å². The Balaban J connectivity index is 2.89. The van der Waals surface area contributed by atoms with Crippen LogP contribution in [0.3, 0.4) is 0 Å². The van der Waals surface area contributed by atoms with E-state index in [0.29, 0.717) is 6.04 Å². The molecule has 0 radical (unpaired) electrons. The smallest absolute Gasteiger partial charge is 0.00357 e. The van der Waals surface area contributed by atoms with E-state index in [-0.39, 0.29) is 0 Å². The Labute approximate surface area is 66.8 Å². The molecule has 1 nitrogen and oxygen atoms in total. The van der Waals surface area contributed by atoms with Gasteiger partial charge in [-0.15, -0.1) is 8.58 Å². The van der Waals surface area contributed by atoms with Crippen molar-refractivity contribution in [3.05, 3.63) is 0 Å². The maximum Gasteiger partial charge on any atom is 0.00357 e. The fraction of sp³-hybridized carbons (Fsp3) is 1.00. The lowest BCUT2D eigenvalue weighted by Crippen LogP contribution is -2.20. The normalized spacial score (nSPS) is 14.7. The van der Waals surface area contributed by atoms with Crippen molar-refractivity contribution in [2.75, 3.05) is 19.9 Å². The van der Waals surface area contributed by atoms with Gasteiger partial charge in [0.15, 0.2) is 0 Å². The molecule has 0 rings (SSSR count). The summed E-state index contributed by atoms with van der Waals surface area (Å²) < 4.78 is 0. The predicted octanol–water partition coefficient (Wildman–Crippen LogP) is 2.07. The van der Waals surface area contributed by atoms with E-state index in [9.17, 15) is 0 Å². The molecule has 0 amide bonds. The molecule has 0 aliphatic rings. The lowest BCUT2D eigenvalue weighted by Gasteiger charge is -2.08. The highest BCUT2D eigenvalue weighted by Gasteiger charge is 1.95. The van der Waals surface area contributed by atoms with Gasteiger partial charge in [-0.3, -0.25) is 0 Å². The first-order chi connectivity index (χ1) is 4.81. The first kappa shape index (κ1) is 10.4. The molecule has 0 bridgehead atoms. The van der Waals surface area contributed by atoms with Crippen molar-refractivity contribution in [3.63, 3.8) is 0 Å². The van der Waals surface area contributed by atoms with Gasteiger partial charge in [0, 0.05) is 6.04 Å². The molecular formula is C8H20NP. The zero-order valence-electron chi connectivity index (χ0n) is 7.41. The molecule has 0 spiro atoms. The Morgan fingerprint density at radius 3 is 2.60 bits per heavy atom. The van der Waals surface area contributed by atoms with Crippen molar-refractivity contribution in [2.24, 2.45) is 0 Å². The SMILES string of the molecule is CNC(C)CCCCPC. The summed E-state index contributed by atoms with van der Waals surface area (Å²) in [6, 6.07) is 0.709. The third-order valence-corrected chi connectivity index (χ3v) is 2.66. The van der Waals surface area contributed by atoms with E-state index < -0.39 is 0 Å². The first-order valence-corrected chi connectivity index (χ1v) is 5.83. The van der Waals surface area contributed by atoms with Crippen LogP contribution >= 0.6 is 8.58 Å². The van der Waals surface area contributed by atoms with E-state index in [4.69, 9.17) is 0 Å². The van der Waals surface area contributed by atoms with Crippen molar-refractivity contribution in [3.8, 4) is 0 Å². The Morgan fingerprint density at radius 1 is 1.40 bits per heavy atom. The van der Waals surface area contributed by atoms with Crippen LogP contribution < -0.4 is 5.32 Å². The molecule has 10 heavy (non-hydrogen) atoms. The molecule has 0 aromatic carbocycles. The average Bonchev–Trinajstić information content (AvgIpc) is 1.98. The highest BCUT2D eigenvalue weighted by molar-refractivity contribution is 7.36. The van der Waals surface area contributed by atoms with Gasteiger partial charge in [-0.1, -0.05) is 6.42 Å². The largest absolute Gasteiger partial charge is 0.317 e. The molecule has 0 heterocycles. The summed E-state index contributed by atoms with van der Waals surface area (Å²) in [5, 5.41) is 3.24. The molecule has 0 aliphatic carbocycles. The predicted molar refractivity (Wildman–Crippen MR) is 51.5 cm³/mol. The fourth-order valence-corrected chi connectivity index (χ4v) is 1.50. The lowest BCUT2D eigenvalue weighted by molar-refractivity contribution is 0.538. The van der Waals surface area contributed by atoms with Crippen LogP contribution in [0.4, 0.5) is 0 Å². The molecule has 0 aromatic rings. The Kier molecular flexibility index (Phi) is 7.79. The number of hydrogen-bond donors (Lipinski definition) is 1. The average molecular weight is 161 g/mol. The van der Waals surface area contributed by atoms with E-state index in [0.717, 1.165) is 8.58 Å². The standard InChI is InChI=1S/C8H20NP/c1-8(9-2)6-4-5-7-10-3/h8-10H,4-7H2,1-3H3. The number of rotatable bonds is 6. The molecule has 0 saturated heterocycles. The van der Waals surface area contributed by atoms with E-state index in [1.807, 2.05) is 7.05 Å². The molecule has 0 aliphatic heterocycles. The van der Waals surface area contributed by atoms with Crippen molar-refractivity contribution in [2.45, 2.75) is 32.2 Å². The molecule has 2 unspecified atom stereocenters. The maximum absolute atomic E-state index is 3.24. The third kappa shape index (κ3) is 6.51. The minimum absolute atomic E-state index is 0.709. The van der Waals surface area contributed by atoms with Gasteiger partial charge in [-0.25, -0.2) is 0 Å². The van der Waals surface area contributed by atoms with Crippen molar-refractivity contribution in [1.82, 2.24) is 5.32 Å². The minimum Gasteiger partial charge on any atom is -0.317 e. The number of unbranched alkanes of at least 4 members (excludes halogenated alkanes) is 1. The van der Waals surface area contributed by atoms with E-state index >= 15 is 0 Å². The van der Waals surface area contributed by atoms with E-state index in [1.54, 1.807) is 0 Å². The van der Waals surface area contributed by atoms with Gasteiger partial charge in [-0.05, 0) is 39.6 Å². The van der Waals surface area contributed by atoms with Crippen LogP contribution in [0.15, 0.2) is 0 Å². The third-order valence-electron chi connectivity index (χ3n) is 1.81. The first-order valence-electron chi connectivity index (χ1n) is 4.13. The summed E-state index contributed by atoms with van der Waals surface area (Å²) in [7, 11) is 3.18. The van der Waals surface area contributed by atoms with Gasteiger partial charge < -0.3 is 5.32 Å². The number of hydrogen-bond acceptors (Lipinski definition) is 1. The lowest BCUT2D eigenvalue weighted by atomic mass is 10.1. The maximum atomic E-state index is 3.24. The van der Waals surface area contributed by atoms with Crippen LogP contribution in [0.5, 0.6) is 0 Å². The van der Waals surface area contributed by atoms with Crippen LogP contribution in [0.1, 0.15) is 26.2 Å². The highest BCUT2D eigenvalue weighted by atomic mass is 31.1. The second kappa shape index (κ2) is 7.50. The van der Waals surface area contributed by atoms with Crippen molar-refractivity contribution >= 4 is 8.58 Å². The highest BCUT2D eigenvalue weighted by Crippen LogP contribution is 2.08. The molecule has 1 N–H and O–H groups in total. The van der Waals surface area contributed by atoms with Crippen LogP contribution in [0.25, 0.3) is 0 Å². The molecule has 2 heteroatoms. The Bertz CT molecular complexity index is 66.3. The molecule has 0 saturated carbocycles. The monoisotopic (exact) mass is 161 g/mol.